The first-order chi connectivity index (χ1) is 5.29. The van der Waals surface area contributed by atoms with Gasteiger partial charge in [0, 0.05) is 24.2 Å². The summed E-state index contributed by atoms with van der Waals surface area (Å²) in [6, 6.07) is 0. The third kappa shape index (κ3) is 3.46. The van der Waals surface area contributed by atoms with Crippen molar-refractivity contribution in [2.45, 2.75) is 19.6 Å². The average Bonchev–Trinajstić information content (AvgIpc) is 2.39. The fourth-order valence-corrected chi connectivity index (χ4v) is 1.30. The number of aliphatic hydroxyl groups excluding tert-OH is 1. The van der Waals surface area contributed by atoms with Gasteiger partial charge in [-0.15, -0.1) is 11.3 Å². The van der Waals surface area contributed by atoms with Crippen LogP contribution < -0.4 is 5.32 Å². The number of thiazole rings is 1. The smallest absolute Gasteiger partial charge is 0.0794 e. The van der Waals surface area contributed by atoms with Crippen LogP contribution in [0.2, 0.25) is 0 Å². The van der Waals surface area contributed by atoms with Gasteiger partial charge >= 0.3 is 0 Å². The standard InChI is InChI=1S/C7H12N2OS/c1-6(10)2-8-3-7-4-9-5-11-7/h4-6,8,10H,2-3H2,1H3. The molecule has 0 aliphatic rings. The lowest BCUT2D eigenvalue weighted by atomic mass is 10.4. The summed E-state index contributed by atoms with van der Waals surface area (Å²) >= 11 is 1.62. The van der Waals surface area contributed by atoms with Crippen LogP contribution in [-0.4, -0.2) is 22.7 Å². The van der Waals surface area contributed by atoms with Crippen LogP contribution in [0.3, 0.4) is 0 Å². The summed E-state index contributed by atoms with van der Waals surface area (Å²) in [6.07, 6.45) is 1.56. The topological polar surface area (TPSA) is 45.1 Å². The van der Waals surface area contributed by atoms with Gasteiger partial charge in [0.15, 0.2) is 0 Å². The molecule has 1 heterocycles. The molecule has 0 fully saturated rings. The van der Waals surface area contributed by atoms with Crippen molar-refractivity contribution in [2.24, 2.45) is 0 Å². The minimum atomic E-state index is -0.275. The van der Waals surface area contributed by atoms with Gasteiger partial charge in [0.25, 0.3) is 0 Å². The molecule has 0 bridgehead atoms. The second kappa shape index (κ2) is 4.43. The molecule has 0 amide bonds. The summed E-state index contributed by atoms with van der Waals surface area (Å²) in [7, 11) is 0. The molecule has 0 aliphatic heterocycles. The van der Waals surface area contributed by atoms with Gasteiger partial charge in [-0.25, -0.2) is 0 Å². The van der Waals surface area contributed by atoms with Crippen molar-refractivity contribution in [2.75, 3.05) is 6.54 Å². The summed E-state index contributed by atoms with van der Waals surface area (Å²) in [4.78, 5) is 5.14. The second-order valence-corrected chi connectivity index (χ2v) is 3.42. The van der Waals surface area contributed by atoms with Crippen molar-refractivity contribution in [1.29, 1.82) is 0 Å². The summed E-state index contributed by atoms with van der Waals surface area (Å²) < 4.78 is 0. The number of nitrogens with zero attached hydrogens (tertiary/aromatic N) is 1. The highest BCUT2D eigenvalue weighted by Crippen LogP contribution is 2.03. The molecule has 1 aromatic rings. The molecular formula is C7H12N2OS. The van der Waals surface area contributed by atoms with Crippen molar-refractivity contribution >= 4 is 11.3 Å². The van der Waals surface area contributed by atoms with E-state index < -0.39 is 0 Å². The number of aliphatic hydroxyl groups is 1. The van der Waals surface area contributed by atoms with Crippen molar-refractivity contribution < 1.29 is 5.11 Å². The Morgan fingerprint density at radius 2 is 2.64 bits per heavy atom. The van der Waals surface area contributed by atoms with Gasteiger partial charge in [0.1, 0.15) is 0 Å². The van der Waals surface area contributed by atoms with Crippen LogP contribution in [0.5, 0.6) is 0 Å². The van der Waals surface area contributed by atoms with Crippen LogP contribution in [0.4, 0.5) is 0 Å². The first-order valence-electron chi connectivity index (χ1n) is 3.55. The van der Waals surface area contributed by atoms with E-state index in [1.54, 1.807) is 23.8 Å². The Morgan fingerprint density at radius 1 is 1.82 bits per heavy atom. The summed E-state index contributed by atoms with van der Waals surface area (Å²) in [5, 5.41) is 12.0. The van der Waals surface area contributed by atoms with Crippen LogP contribution in [0.1, 0.15) is 11.8 Å². The predicted octanol–water partition coefficient (Wildman–Crippen LogP) is 0.613. The molecule has 0 spiro atoms. The van der Waals surface area contributed by atoms with Gasteiger partial charge in [-0.3, -0.25) is 4.98 Å². The Kier molecular flexibility index (Phi) is 3.48. The second-order valence-electron chi connectivity index (χ2n) is 2.45. The first-order valence-corrected chi connectivity index (χ1v) is 4.43. The lowest BCUT2D eigenvalue weighted by Crippen LogP contribution is -2.23. The predicted molar refractivity (Wildman–Crippen MR) is 45.5 cm³/mol. The molecule has 11 heavy (non-hydrogen) atoms. The Bertz CT molecular complexity index is 186. The molecule has 1 aromatic heterocycles. The highest BCUT2D eigenvalue weighted by atomic mass is 32.1. The zero-order valence-electron chi connectivity index (χ0n) is 6.45. The summed E-state index contributed by atoms with van der Waals surface area (Å²) in [5.41, 5.74) is 1.80. The normalized spacial score (nSPS) is 13.3. The van der Waals surface area contributed by atoms with Crippen LogP contribution in [0.25, 0.3) is 0 Å². The largest absolute Gasteiger partial charge is 0.392 e. The molecule has 3 nitrogen and oxygen atoms in total. The highest BCUT2D eigenvalue weighted by molar-refractivity contribution is 7.09. The molecule has 0 saturated heterocycles. The molecule has 0 radical (unpaired) electrons. The Hall–Kier alpha value is -0.450. The highest BCUT2D eigenvalue weighted by Gasteiger charge is 1.95. The maximum Gasteiger partial charge on any atom is 0.0794 e. The van der Waals surface area contributed by atoms with Crippen LogP contribution in [0, 0.1) is 0 Å². The van der Waals surface area contributed by atoms with Gasteiger partial charge in [-0.05, 0) is 6.92 Å². The van der Waals surface area contributed by atoms with Crippen LogP contribution in [0.15, 0.2) is 11.7 Å². The third-order valence-electron chi connectivity index (χ3n) is 1.22. The van der Waals surface area contributed by atoms with E-state index in [1.165, 1.54) is 4.88 Å². The molecule has 0 aromatic carbocycles. The quantitative estimate of drug-likeness (QED) is 0.699. The van der Waals surface area contributed by atoms with Crippen LogP contribution >= 0.6 is 11.3 Å². The fourth-order valence-electron chi connectivity index (χ4n) is 0.734. The van der Waals surface area contributed by atoms with Gasteiger partial charge in [-0.1, -0.05) is 0 Å². The average molecular weight is 172 g/mol. The number of nitrogens with one attached hydrogen (secondary N) is 1. The molecule has 0 saturated carbocycles. The maximum absolute atomic E-state index is 8.91. The van der Waals surface area contributed by atoms with Gasteiger partial charge in [0.2, 0.25) is 0 Å². The van der Waals surface area contributed by atoms with E-state index >= 15 is 0 Å². The van der Waals surface area contributed by atoms with E-state index in [0.29, 0.717) is 6.54 Å². The molecule has 0 aliphatic carbocycles. The van der Waals surface area contributed by atoms with E-state index in [9.17, 15) is 0 Å². The van der Waals surface area contributed by atoms with Gasteiger partial charge in [-0.2, -0.15) is 0 Å². The molecule has 1 atom stereocenters. The zero-order valence-corrected chi connectivity index (χ0v) is 7.27. The lowest BCUT2D eigenvalue weighted by molar-refractivity contribution is 0.191. The fraction of sp³-hybridized carbons (Fsp3) is 0.571. The molecular weight excluding hydrogens is 160 g/mol. The summed E-state index contributed by atoms with van der Waals surface area (Å²) in [6.45, 7) is 3.20. The minimum absolute atomic E-state index is 0.275. The van der Waals surface area contributed by atoms with Gasteiger partial charge in [0.05, 0.1) is 11.6 Å². The van der Waals surface area contributed by atoms with Crippen molar-refractivity contribution in [1.82, 2.24) is 10.3 Å². The van der Waals surface area contributed by atoms with Crippen molar-refractivity contribution in [3.05, 3.63) is 16.6 Å². The van der Waals surface area contributed by atoms with Gasteiger partial charge < -0.3 is 10.4 Å². The number of aromatic nitrogens is 1. The monoisotopic (exact) mass is 172 g/mol. The molecule has 4 heteroatoms. The SMILES string of the molecule is CC(O)CNCc1cncs1. The van der Waals surface area contributed by atoms with Crippen molar-refractivity contribution in [3.8, 4) is 0 Å². The van der Waals surface area contributed by atoms with E-state index in [1.807, 2.05) is 6.20 Å². The molecule has 1 rings (SSSR count). The minimum Gasteiger partial charge on any atom is -0.392 e. The van der Waals surface area contributed by atoms with Crippen LogP contribution in [-0.2, 0) is 6.54 Å². The lowest BCUT2D eigenvalue weighted by Gasteiger charge is -2.03. The van der Waals surface area contributed by atoms with E-state index in [-0.39, 0.29) is 6.10 Å². The zero-order chi connectivity index (χ0) is 8.10. The van der Waals surface area contributed by atoms with E-state index in [2.05, 4.69) is 10.3 Å². The van der Waals surface area contributed by atoms with Crippen molar-refractivity contribution in [3.63, 3.8) is 0 Å². The Labute approximate surface area is 70.1 Å². The molecule has 2 N–H and O–H groups in total. The van der Waals surface area contributed by atoms with E-state index in [0.717, 1.165) is 6.54 Å². The molecule has 1 unspecified atom stereocenters. The Morgan fingerprint density at radius 3 is 3.18 bits per heavy atom. The Balaban J connectivity index is 2.14. The third-order valence-corrected chi connectivity index (χ3v) is 2.00. The number of hydrogen-bond donors (Lipinski definition) is 2. The number of rotatable bonds is 4. The molecule has 62 valence electrons. The van der Waals surface area contributed by atoms with E-state index in [4.69, 9.17) is 5.11 Å². The summed E-state index contributed by atoms with van der Waals surface area (Å²) in [5.74, 6) is 0. The number of hydrogen-bond acceptors (Lipinski definition) is 4. The first kappa shape index (κ1) is 8.64. The maximum atomic E-state index is 8.91.